The van der Waals surface area contributed by atoms with E-state index in [1.165, 1.54) is 12.0 Å². The van der Waals surface area contributed by atoms with Gasteiger partial charge < -0.3 is 5.11 Å². The third kappa shape index (κ3) is 2.95. The van der Waals surface area contributed by atoms with Crippen LogP contribution in [0.5, 0.6) is 0 Å². The van der Waals surface area contributed by atoms with Crippen LogP contribution in [-0.4, -0.2) is 5.11 Å². The summed E-state index contributed by atoms with van der Waals surface area (Å²) in [5, 5.41) is 10.9. The normalized spacial score (nSPS) is 29.3. The molecule has 0 aromatic heterocycles. The molecular formula is C17H26O. The fraction of sp³-hybridized carbons (Fsp3) is 0.647. The van der Waals surface area contributed by atoms with Gasteiger partial charge in [-0.2, -0.15) is 0 Å². The summed E-state index contributed by atoms with van der Waals surface area (Å²) in [6, 6.07) is 8.61. The highest BCUT2D eigenvalue weighted by Gasteiger charge is 2.31. The Morgan fingerprint density at radius 3 is 2.39 bits per heavy atom. The van der Waals surface area contributed by atoms with E-state index in [1.807, 2.05) is 0 Å². The van der Waals surface area contributed by atoms with Gasteiger partial charge in [0.15, 0.2) is 0 Å². The molecule has 1 aromatic carbocycles. The van der Waals surface area contributed by atoms with Gasteiger partial charge in [0, 0.05) is 0 Å². The van der Waals surface area contributed by atoms with Crippen molar-refractivity contribution in [1.82, 2.24) is 0 Å². The van der Waals surface area contributed by atoms with Crippen LogP contribution in [0.15, 0.2) is 24.3 Å². The minimum atomic E-state index is -0.583. The van der Waals surface area contributed by atoms with Gasteiger partial charge in [0.2, 0.25) is 0 Å². The third-order valence-corrected chi connectivity index (χ3v) is 4.45. The zero-order valence-corrected chi connectivity index (χ0v) is 11.9. The number of benzene rings is 1. The molecule has 2 rings (SSSR count). The van der Waals surface area contributed by atoms with Gasteiger partial charge in [0.25, 0.3) is 0 Å². The van der Waals surface area contributed by atoms with Gasteiger partial charge in [0.1, 0.15) is 0 Å². The van der Waals surface area contributed by atoms with Crippen LogP contribution in [0.25, 0.3) is 0 Å². The Kier molecular flexibility index (Phi) is 4.11. The molecule has 1 fully saturated rings. The lowest BCUT2D eigenvalue weighted by Gasteiger charge is -2.27. The summed E-state index contributed by atoms with van der Waals surface area (Å²) in [6.07, 6.45) is 5.37. The highest BCUT2D eigenvalue weighted by molar-refractivity contribution is 5.29. The average Bonchev–Trinajstić information content (AvgIpc) is 2.53. The standard InChI is InChI=1S/C17H26O/c1-13(2)15-6-8-16(9-7-15)17(18)11-4-5-14(3)10-12-17/h6-9,13-14,18H,4-5,10-12H2,1-3H3. The monoisotopic (exact) mass is 246 g/mol. The molecule has 1 heteroatoms. The minimum Gasteiger partial charge on any atom is -0.385 e. The second-order valence-corrected chi connectivity index (χ2v) is 6.34. The van der Waals surface area contributed by atoms with Gasteiger partial charge in [-0.25, -0.2) is 0 Å². The maximum atomic E-state index is 10.9. The van der Waals surface area contributed by atoms with E-state index < -0.39 is 5.60 Å². The second-order valence-electron chi connectivity index (χ2n) is 6.34. The largest absolute Gasteiger partial charge is 0.385 e. The quantitative estimate of drug-likeness (QED) is 0.756. The number of rotatable bonds is 2. The van der Waals surface area contributed by atoms with Gasteiger partial charge in [-0.05, 0) is 48.6 Å². The lowest BCUT2D eigenvalue weighted by atomic mass is 9.85. The Morgan fingerprint density at radius 1 is 1.11 bits per heavy atom. The molecule has 1 aliphatic carbocycles. The smallest absolute Gasteiger partial charge is 0.0896 e. The van der Waals surface area contributed by atoms with Crippen LogP contribution in [0, 0.1) is 5.92 Å². The van der Waals surface area contributed by atoms with E-state index in [0.29, 0.717) is 5.92 Å². The molecule has 100 valence electrons. The van der Waals surface area contributed by atoms with Crippen LogP contribution < -0.4 is 0 Å². The van der Waals surface area contributed by atoms with Gasteiger partial charge in [-0.1, -0.05) is 51.5 Å². The van der Waals surface area contributed by atoms with Crippen LogP contribution in [0.1, 0.15) is 69.9 Å². The SMILES string of the molecule is CC1CCCC(O)(c2ccc(C(C)C)cc2)CC1. The molecule has 1 aromatic rings. The van der Waals surface area contributed by atoms with Crippen molar-refractivity contribution in [2.45, 2.75) is 64.4 Å². The van der Waals surface area contributed by atoms with E-state index in [9.17, 15) is 5.11 Å². The molecule has 1 nitrogen and oxygen atoms in total. The second kappa shape index (κ2) is 5.44. The lowest BCUT2D eigenvalue weighted by molar-refractivity contribution is 0.0198. The molecule has 0 amide bonds. The van der Waals surface area contributed by atoms with Gasteiger partial charge in [-0.15, -0.1) is 0 Å². The molecule has 18 heavy (non-hydrogen) atoms. The first-order valence-electron chi connectivity index (χ1n) is 7.34. The molecular weight excluding hydrogens is 220 g/mol. The number of hydrogen-bond donors (Lipinski definition) is 1. The van der Waals surface area contributed by atoms with Crippen molar-refractivity contribution >= 4 is 0 Å². The molecule has 1 saturated carbocycles. The maximum absolute atomic E-state index is 10.9. The van der Waals surface area contributed by atoms with E-state index in [2.05, 4.69) is 45.0 Å². The predicted octanol–water partition coefficient (Wildman–Crippen LogP) is 4.60. The minimum absolute atomic E-state index is 0.558. The van der Waals surface area contributed by atoms with Crippen molar-refractivity contribution in [1.29, 1.82) is 0 Å². The van der Waals surface area contributed by atoms with Crippen LogP contribution >= 0.6 is 0 Å². The first kappa shape index (κ1) is 13.6. The molecule has 1 N–H and O–H groups in total. The van der Waals surface area contributed by atoms with Crippen molar-refractivity contribution in [2.24, 2.45) is 5.92 Å². The Balaban J connectivity index is 2.18. The van der Waals surface area contributed by atoms with Crippen molar-refractivity contribution in [3.63, 3.8) is 0 Å². The lowest BCUT2D eigenvalue weighted by Crippen LogP contribution is -2.24. The first-order valence-corrected chi connectivity index (χ1v) is 7.34. The molecule has 0 spiro atoms. The van der Waals surface area contributed by atoms with E-state index in [1.54, 1.807) is 0 Å². The Hall–Kier alpha value is -0.820. The first-order chi connectivity index (χ1) is 8.51. The average molecular weight is 246 g/mol. The molecule has 0 heterocycles. The summed E-state index contributed by atoms with van der Waals surface area (Å²) in [6.45, 7) is 6.71. The summed E-state index contributed by atoms with van der Waals surface area (Å²) >= 11 is 0. The number of aliphatic hydroxyl groups is 1. The van der Waals surface area contributed by atoms with Crippen molar-refractivity contribution in [2.75, 3.05) is 0 Å². The van der Waals surface area contributed by atoms with E-state index in [0.717, 1.165) is 37.2 Å². The highest BCUT2D eigenvalue weighted by atomic mass is 16.3. The summed E-state index contributed by atoms with van der Waals surface area (Å²) in [7, 11) is 0. The summed E-state index contributed by atoms with van der Waals surface area (Å²) in [5.74, 6) is 1.32. The predicted molar refractivity (Wildman–Crippen MR) is 76.7 cm³/mol. The van der Waals surface area contributed by atoms with E-state index >= 15 is 0 Å². The Morgan fingerprint density at radius 2 is 1.78 bits per heavy atom. The Labute approximate surface area is 111 Å². The molecule has 0 aliphatic heterocycles. The molecule has 0 radical (unpaired) electrons. The summed E-state index contributed by atoms with van der Waals surface area (Å²) < 4.78 is 0. The molecule has 0 bridgehead atoms. The topological polar surface area (TPSA) is 20.2 Å². The zero-order chi connectivity index (χ0) is 13.2. The van der Waals surface area contributed by atoms with Crippen LogP contribution in [0.4, 0.5) is 0 Å². The molecule has 2 unspecified atom stereocenters. The zero-order valence-electron chi connectivity index (χ0n) is 11.9. The van der Waals surface area contributed by atoms with Crippen molar-refractivity contribution in [3.05, 3.63) is 35.4 Å². The van der Waals surface area contributed by atoms with Gasteiger partial charge >= 0.3 is 0 Å². The Bertz CT molecular complexity index is 379. The summed E-state index contributed by atoms with van der Waals surface area (Å²) in [5.41, 5.74) is 1.88. The number of hydrogen-bond acceptors (Lipinski definition) is 1. The highest BCUT2D eigenvalue weighted by Crippen LogP contribution is 2.37. The molecule has 1 aliphatic rings. The van der Waals surface area contributed by atoms with E-state index in [-0.39, 0.29) is 0 Å². The van der Waals surface area contributed by atoms with Gasteiger partial charge in [-0.3, -0.25) is 0 Å². The fourth-order valence-corrected chi connectivity index (χ4v) is 2.96. The van der Waals surface area contributed by atoms with Crippen molar-refractivity contribution < 1.29 is 5.11 Å². The fourth-order valence-electron chi connectivity index (χ4n) is 2.96. The third-order valence-electron chi connectivity index (χ3n) is 4.45. The van der Waals surface area contributed by atoms with Gasteiger partial charge in [0.05, 0.1) is 5.60 Å². The maximum Gasteiger partial charge on any atom is 0.0896 e. The van der Waals surface area contributed by atoms with Crippen molar-refractivity contribution in [3.8, 4) is 0 Å². The van der Waals surface area contributed by atoms with Crippen LogP contribution in [-0.2, 0) is 5.60 Å². The summed E-state index contributed by atoms with van der Waals surface area (Å²) in [4.78, 5) is 0. The molecule has 0 saturated heterocycles. The van der Waals surface area contributed by atoms with Crippen LogP contribution in [0.2, 0.25) is 0 Å². The molecule has 2 atom stereocenters. The van der Waals surface area contributed by atoms with Crippen LogP contribution in [0.3, 0.4) is 0 Å². The van der Waals surface area contributed by atoms with E-state index in [4.69, 9.17) is 0 Å².